The molecule has 1 saturated heterocycles. The first kappa shape index (κ1) is 26.6. The number of ether oxygens (including phenoxy) is 2. The molecule has 0 spiro atoms. The predicted molar refractivity (Wildman–Crippen MR) is 142 cm³/mol. The van der Waals surface area contributed by atoms with Crippen molar-refractivity contribution in [1.29, 1.82) is 0 Å². The van der Waals surface area contributed by atoms with Gasteiger partial charge in [-0.25, -0.2) is 0 Å². The third-order valence-corrected chi connectivity index (χ3v) is 7.93. The number of hydrogen-bond donors (Lipinski definition) is 1. The van der Waals surface area contributed by atoms with E-state index in [-0.39, 0.29) is 6.10 Å². The standard InChI is InChI=1S/C28H46N2O2S/c1-29-21-24(19-23-11-5-3-6-12-23)20-27(33)30-16-9-15-26(22-30)28(32-18-10-17-31-2)25-13-7-4-8-14-25/h4,7-8,13-14,23-24,26,28-29H,3,5-6,9-12,15-22H2,1-2H3/t24-,26-,28+/m1/s1. The Labute approximate surface area is 207 Å². The number of hydrogen-bond acceptors (Lipinski definition) is 4. The van der Waals surface area contributed by atoms with Gasteiger partial charge in [0.15, 0.2) is 0 Å². The van der Waals surface area contributed by atoms with Crippen molar-refractivity contribution in [3.63, 3.8) is 0 Å². The first-order valence-electron chi connectivity index (χ1n) is 13.3. The van der Waals surface area contributed by atoms with Crippen LogP contribution in [0.25, 0.3) is 0 Å². The highest BCUT2D eigenvalue weighted by molar-refractivity contribution is 7.80. The molecule has 1 aromatic carbocycles. The molecule has 0 bridgehead atoms. The lowest BCUT2D eigenvalue weighted by Crippen LogP contribution is -2.42. The Morgan fingerprint density at radius 2 is 1.88 bits per heavy atom. The second-order valence-corrected chi connectivity index (χ2v) is 10.6. The van der Waals surface area contributed by atoms with E-state index in [1.165, 1.54) is 61.9 Å². The average molecular weight is 475 g/mol. The molecule has 33 heavy (non-hydrogen) atoms. The van der Waals surface area contributed by atoms with Gasteiger partial charge in [0.25, 0.3) is 0 Å². The fourth-order valence-electron chi connectivity index (χ4n) is 5.84. The Bertz CT molecular complexity index is 665. The molecule has 1 aliphatic carbocycles. The van der Waals surface area contributed by atoms with Crippen LogP contribution in [0.2, 0.25) is 0 Å². The van der Waals surface area contributed by atoms with E-state index < -0.39 is 0 Å². The second-order valence-electron chi connectivity index (χ2n) is 10.2. The van der Waals surface area contributed by atoms with Gasteiger partial charge in [-0.15, -0.1) is 0 Å². The molecule has 2 fully saturated rings. The van der Waals surface area contributed by atoms with Crippen molar-refractivity contribution in [3.8, 4) is 0 Å². The number of piperidine rings is 1. The first-order valence-corrected chi connectivity index (χ1v) is 13.7. The molecule has 0 radical (unpaired) electrons. The van der Waals surface area contributed by atoms with Crippen LogP contribution in [-0.4, -0.2) is 56.9 Å². The van der Waals surface area contributed by atoms with Crippen LogP contribution in [0.4, 0.5) is 0 Å². The fourth-order valence-corrected chi connectivity index (χ4v) is 6.24. The molecule has 1 aliphatic heterocycles. The van der Waals surface area contributed by atoms with Gasteiger partial charge in [-0.05, 0) is 56.7 Å². The summed E-state index contributed by atoms with van der Waals surface area (Å²) in [5.74, 6) is 2.03. The molecular weight excluding hydrogens is 428 g/mol. The van der Waals surface area contributed by atoms with Crippen molar-refractivity contribution in [2.45, 2.75) is 70.3 Å². The third kappa shape index (κ3) is 8.93. The molecule has 1 heterocycles. The second kappa shape index (κ2) is 15.1. The maximum Gasteiger partial charge on any atom is 0.0869 e. The van der Waals surface area contributed by atoms with Crippen LogP contribution >= 0.6 is 12.2 Å². The van der Waals surface area contributed by atoms with Crippen LogP contribution in [0, 0.1) is 17.8 Å². The highest BCUT2D eigenvalue weighted by Gasteiger charge is 2.31. The van der Waals surface area contributed by atoms with Gasteiger partial charge >= 0.3 is 0 Å². The molecular formula is C28H46N2O2S. The molecule has 2 aliphatic rings. The van der Waals surface area contributed by atoms with E-state index >= 15 is 0 Å². The molecule has 0 amide bonds. The molecule has 4 nitrogen and oxygen atoms in total. The van der Waals surface area contributed by atoms with E-state index in [1.807, 2.05) is 0 Å². The maximum absolute atomic E-state index is 6.46. The smallest absolute Gasteiger partial charge is 0.0869 e. The fraction of sp³-hybridized carbons (Fsp3) is 0.750. The highest BCUT2D eigenvalue weighted by atomic mass is 32.1. The first-order chi connectivity index (χ1) is 16.2. The number of rotatable bonds is 13. The van der Waals surface area contributed by atoms with Crippen molar-refractivity contribution in [2.24, 2.45) is 17.8 Å². The summed E-state index contributed by atoms with van der Waals surface area (Å²) in [5.41, 5.74) is 1.29. The maximum atomic E-state index is 6.46. The van der Waals surface area contributed by atoms with E-state index in [9.17, 15) is 0 Å². The quantitative estimate of drug-likeness (QED) is 0.279. The Hall–Kier alpha value is -1.01. The Balaban J connectivity index is 1.59. The summed E-state index contributed by atoms with van der Waals surface area (Å²) < 4.78 is 11.7. The van der Waals surface area contributed by atoms with E-state index in [0.717, 1.165) is 51.6 Å². The molecule has 3 rings (SSSR count). The number of nitrogens with zero attached hydrogens (tertiary/aromatic N) is 1. The third-order valence-electron chi connectivity index (χ3n) is 7.50. The van der Waals surface area contributed by atoms with Crippen molar-refractivity contribution in [3.05, 3.63) is 35.9 Å². The van der Waals surface area contributed by atoms with Gasteiger partial charge in [0, 0.05) is 45.8 Å². The summed E-state index contributed by atoms with van der Waals surface area (Å²) in [4.78, 5) is 3.67. The van der Waals surface area contributed by atoms with Crippen LogP contribution in [0.5, 0.6) is 0 Å². The zero-order valence-corrected chi connectivity index (χ0v) is 21.8. The number of benzene rings is 1. The van der Waals surface area contributed by atoms with Gasteiger partial charge < -0.3 is 19.7 Å². The number of likely N-dealkylation sites (tertiary alicyclic amines) is 1. The molecule has 5 heteroatoms. The van der Waals surface area contributed by atoms with Crippen LogP contribution in [0.1, 0.15) is 75.9 Å². The predicted octanol–water partition coefficient (Wildman–Crippen LogP) is 6.02. The van der Waals surface area contributed by atoms with Gasteiger partial charge in [-0.2, -0.15) is 0 Å². The molecule has 1 aromatic rings. The topological polar surface area (TPSA) is 33.7 Å². The number of nitrogens with one attached hydrogen (secondary N) is 1. The summed E-state index contributed by atoms with van der Waals surface area (Å²) in [7, 11) is 3.84. The van der Waals surface area contributed by atoms with E-state index in [2.05, 4.69) is 47.6 Å². The van der Waals surface area contributed by atoms with E-state index in [4.69, 9.17) is 21.7 Å². The van der Waals surface area contributed by atoms with Crippen LogP contribution < -0.4 is 5.32 Å². The van der Waals surface area contributed by atoms with E-state index in [0.29, 0.717) is 11.8 Å². The lowest BCUT2D eigenvalue weighted by Gasteiger charge is -2.39. The van der Waals surface area contributed by atoms with E-state index in [1.54, 1.807) is 7.11 Å². The van der Waals surface area contributed by atoms with Gasteiger partial charge in [-0.3, -0.25) is 0 Å². The minimum absolute atomic E-state index is 0.129. The van der Waals surface area contributed by atoms with Crippen molar-refractivity contribution in [2.75, 3.05) is 47.0 Å². The largest absolute Gasteiger partial charge is 0.385 e. The Kier molecular flexibility index (Phi) is 12.2. The average Bonchev–Trinajstić information content (AvgIpc) is 2.85. The van der Waals surface area contributed by atoms with Gasteiger partial charge in [0.2, 0.25) is 0 Å². The molecule has 186 valence electrons. The van der Waals surface area contributed by atoms with Crippen molar-refractivity contribution in [1.82, 2.24) is 10.2 Å². The van der Waals surface area contributed by atoms with Crippen LogP contribution in [0.3, 0.4) is 0 Å². The summed E-state index contributed by atoms with van der Waals surface area (Å²) >= 11 is 6.05. The monoisotopic (exact) mass is 474 g/mol. The highest BCUT2D eigenvalue weighted by Crippen LogP contribution is 2.34. The molecule has 1 N–H and O–H groups in total. The SMILES string of the molecule is CNC[C@@H](CC(=S)N1CCC[C@@H]([C@@H](OCCCOC)c2ccccc2)C1)CC1CCCCC1. The van der Waals surface area contributed by atoms with Crippen LogP contribution in [-0.2, 0) is 9.47 Å². The molecule has 3 atom stereocenters. The van der Waals surface area contributed by atoms with Gasteiger partial charge in [0.05, 0.1) is 11.1 Å². The minimum Gasteiger partial charge on any atom is -0.385 e. The molecule has 0 aromatic heterocycles. The zero-order chi connectivity index (χ0) is 23.3. The normalized spacial score (nSPS) is 21.6. The lowest BCUT2D eigenvalue weighted by atomic mass is 9.81. The van der Waals surface area contributed by atoms with Crippen molar-refractivity contribution >= 4 is 17.2 Å². The summed E-state index contributed by atoms with van der Waals surface area (Å²) in [6, 6.07) is 10.8. The Morgan fingerprint density at radius 1 is 1.09 bits per heavy atom. The summed E-state index contributed by atoms with van der Waals surface area (Å²) in [6.07, 6.45) is 12.9. The summed E-state index contributed by atoms with van der Waals surface area (Å²) in [6.45, 7) is 4.66. The van der Waals surface area contributed by atoms with Gasteiger partial charge in [-0.1, -0.05) is 74.7 Å². The number of thiocarbonyl (C=S) groups is 1. The van der Waals surface area contributed by atoms with Crippen LogP contribution in [0.15, 0.2) is 30.3 Å². The van der Waals surface area contributed by atoms with Gasteiger partial charge in [0.1, 0.15) is 0 Å². The lowest BCUT2D eigenvalue weighted by molar-refractivity contribution is -0.0141. The molecule has 1 saturated carbocycles. The Morgan fingerprint density at radius 3 is 2.61 bits per heavy atom. The summed E-state index contributed by atoms with van der Waals surface area (Å²) in [5, 5.41) is 3.44. The minimum atomic E-state index is 0.129. The van der Waals surface area contributed by atoms with Crippen molar-refractivity contribution < 1.29 is 9.47 Å². The number of methoxy groups -OCH3 is 1. The molecule has 0 unspecified atom stereocenters. The zero-order valence-electron chi connectivity index (χ0n) is 21.0.